The number of thioether (sulfide) groups is 1. The highest BCUT2D eigenvalue weighted by Crippen LogP contribution is 2.28. The van der Waals surface area contributed by atoms with Gasteiger partial charge in [-0.1, -0.05) is 36.4 Å². The van der Waals surface area contributed by atoms with Crippen LogP contribution in [0.2, 0.25) is 5.02 Å². The highest BCUT2D eigenvalue weighted by atomic mass is 35.5. The average molecular weight is 414 g/mol. The molecule has 0 amide bonds. The first kappa shape index (κ1) is 19.7. The number of hydrogen-bond acceptors (Lipinski definition) is 5. The van der Waals surface area contributed by atoms with Crippen molar-refractivity contribution in [3.05, 3.63) is 76.7 Å². The summed E-state index contributed by atoms with van der Waals surface area (Å²) in [7, 11) is 0. The topological polar surface area (TPSA) is 88.1 Å². The first-order valence-corrected chi connectivity index (χ1v) is 9.39. The van der Waals surface area contributed by atoms with Crippen molar-refractivity contribution in [2.24, 2.45) is 0 Å². The third kappa shape index (κ3) is 5.25. The van der Waals surface area contributed by atoms with Crippen LogP contribution in [0.3, 0.4) is 0 Å². The van der Waals surface area contributed by atoms with E-state index in [1.54, 1.807) is 60.7 Å². The normalized spacial score (nSPS) is 11.2. The van der Waals surface area contributed by atoms with Gasteiger partial charge in [-0.2, -0.15) is 0 Å². The Morgan fingerprint density at radius 1 is 1.29 bits per heavy atom. The van der Waals surface area contributed by atoms with Crippen LogP contribution in [0.15, 0.2) is 71.2 Å². The van der Waals surface area contributed by atoms with Crippen LogP contribution < -0.4 is 4.74 Å². The second-order valence-corrected chi connectivity index (χ2v) is 7.01. The van der Waals surface area contributed by atoms with Crippen LogP contribution in [0.4, 0.5) is 0 Å². The summed E-state index contributed by atoms with van der Waals surface area (Å²) >= 11 is 6.85. The van der Waals surface area contributed by atoms with Crippen molar-refractivity contribution in [3.8, 4) is 17.1 Å². The molecule has 0 aliphatic heterocycles. The number of nitrogens with zero attached hydrogens (tertiary/aromatic N) is 2. The molecule has 0 aliphatic rings. The minimum Gasteiger partial charge on any atom is -0.490 e. The molecule has 0 atom stereocenters. The Morgan fingerprint density at radius 3 is 2.79 bits per heavy atom. The lowest BCUT2D eigenvalue weighted by Gasteiger charge is -2.04. The van der Waals surface area contributed by atoms with E-state index in [-0.39, 0.29) is 4.91 Å². The lowest BCUT2D eigenvalue weighted by Crippen LogP contribution is -1.97. The Hall–Kier alpha value is -3.03. The molecular weight excluding hydrogens is 398 g/mol. The molecule has 8 heteroatoms. The lowest BCUT2D eigenvalue weighted by atomic mass is 10.2. The van der Waals surface area contributed by atoms with Crippen LogP contribution in [-0.4, -0.2) is 32.9 Å². The molecule has 0 saturated carbocycles. The fourth-order valence-corrected chi connectivity index (χ4v) is 3.10. The number of carboxylic acid groups (broad SMARTS) is 1. The van der Waals surface area contributed by atoms with E-state index in [4.69, 9.17) is 16.3 Å². The number of rotatable bonds is 8. The Labute approximate surface area is 170 Å². The molecule has 0 bridgehead atoms. The largest absolute Gasteiger partial charge is 0.490 e. The number of halogens is 1. The van der Waals surface area contributed by atoms with Crippen molar-refractivity contribution < 1.29 is 14.6 Å². The molecule has 0 spiro atoms. The van der Waals surface area contributed by atoms with Gasteiger partial charge in [0.05, 0.1) is 0 Å². The molecule has 3 aromatic rings. The van der Waals surface area contributed by atoms with Crippen molar-refractivity contribution in [1.29, 1.82) is 0 Å². The maximum absolute atomic E-state index is 11.7. The molecule has 142 valence electrons. The molecule has 3 rings (SSSR count). The van der Waals surface area contributed by atoms with Gasteiger partial charge >= 0.3 is 5.97 Å². The van der Waals surface area contributed by atoms with E-state index >= 15 is 0 Å². The van der Waals surface area contributed by atoms with Crippen molar-refractivity contribution in [1.82, 2.24) is 15.2 Å². The van der Waals surface area contributed by atoms with E-state index in [0.717, 1.165) is 17.3 Å². The zero-order valence-electron chi connectivity index (χ0n) is 14.6. The van der Waals surface area contributed by atoms with E-state index in [2.05, 4.69) is 21.8 Å². The molecule has 0 aliphatic carbocycles. The van der Waals surface area contributed by atoms with Gasteiger partial charge in [0.2, 0.25) is 5.16 Å². The molecule has 1 aromatic heterocycles. The van der Waals surface area contributed by atoms with Gasteiger partial charge < -0.3 is 9.84 Å². The van der Waals surface area contributed by atoms with Crippen molar-refractivity contribution in [2.45, 2.75) is 5.16 Å². The Balaban J connectivity index is 1.80. The van der Waals surface area contributed by atoms with E-state index < -0.39 is 5.97 Å². The van der Waals surface area contributed by atoms with Crippen molar-refractivity contribution in [3.63, 3.8) is 0 Å². The molecule has 28 heavy (non-hydrogen) atoms. The SMILES string of the molecule is C=CCOc1cccc(/C=C(\Sc2n[nH]c(-c3ccc(Cl)cc3)n2)C(=O)O)c1. The van der Waals surface area contributed by atoms with Gasteiger partial charge in [0.15, 0.2) is 5.82 Å². The van der Waals surface area contributed by atoms with E-state index in [0.29, 0.717) is 33.9 Å². The first-order valence-electron chi connectivity index (χ1n) is 8.20. The summed E-state index contributed by atoms with van der Waals surface area (Å²) in [6.45, 7) is 3.98. The molecule has 1 heterocycles. The maximum Gasteiger partial charge on any atom is 0.342 e. The molecule has 0 saturated heterocycles. The minimum absolute atomic E-state index is 0.0857. The summed E-state index contributed by atoms with van der Waals surface area (Å²) < 4.78 is 5.48. The van der Waals surface area contributed by atoms with Crippen LogP contribution in [0, 0.1) is 0 Å². The number of carbonyl (C=O) groups is 1. The van der Waals surface area contributed by atoms with Crippen LogP contribution >= 0.6 is 23.4 Å². The average Bonchev–Trinajstić information content (AvgIpc) is 3.15. The second-order valence-electron chi connectivity index (χ2n) is 5.56. The molecule has 0 fully saturated rings. The van der Waals surface area contributed by atoms with Gasteiger partial charge in [-0.3, -0.25) is 5.10 Å². The second kappa shape index (κ2) is 9.25. The van der Waals surface area contributed by atoms with Crippen molar-refractivity contribution in [2.75, 3.05) is 6.61 Å². The van der Waals surface area contributed by atoms with Crippen LogP contribution in [0.1, 0.15) is 5.56 Å². The number of H-pyrrole nitrogens is 1. The maximum atomic E-state index is 11.7. The van der Waals surface area contributed by atoms with Crippen molar-refractivity contribution >= 4 is 35.4 Å². The number of aromatic nitrogens is 3. The number of aromatic amines is 1. The molecule has 0 unspecified atom stereocenters. The molecule has 2 N–H and O–H groups in total. The van der Waals surface area contributed by atoms with Gasteiger partial charge in [0.25, 0.3) is 0 Å². The number of aliphatic carboxylic acids is 1. The van der Waals surface area contributed by atoms with E-state index in [1.165, 1.54) is 0 Å². The van der Waals surface area contributed by atoms with Gasteiger partial charge in [0.1, 0.15) is 17.3 Å². The Kier molecular flexibility index (Phi) is 6.52. The third-order valence-electron chi connectivity index (χ3n) is 3.52. The van der Waals surface area contributed by atoms with E-state index in [9.17, 15) is 9.90 Å². The number of ether oxygens (including phenoxy) is 1. The summed E-state index contributed by atoms with van der Waals surface area (Å²) in [6.07, 6.45) is 3.19. The smallest absolute Gasteiger partial charge is 0.342 e. The molecular formula is C20H16ClN3O3S. The zero-order chi connectivity index (χ0) is 19.9. The number of carboxylic acids is 1. The monoisotopic (exact) mass is 413 g/mol. The number of hydrogen-bond donors (Lipinski definition) is 2. The third-order valence-corrected chi connectivity index (χ3v) is 4.65. The van der Waals surface area contributed by atoms with Gasteiger partial charge in [-0.15, -0.1) is 5.10 Å². The highest BCUT2D eigenvalue weighted by Gasteiger charge is 2.14. The number of nitrogens with one attached hydrogen (secondary N) is 1. The Morgan fingerprint density at radius 2 is 2.07 bits per heavy atom. The highest BCUT2D eigenvalue weighted by molar-refractivity contribution is 8.04. The summed E-state index contributed by atoms with van der Waals surface area (Å²) in [4.78, 5) is 16.1. The summed E-state index contributed by atoms with van der Waals surface area (Å²) in [5.74, 6) is 0.0929. The molecule has 6 nitrogen and oxygen atoms in total. The summed E-state index contributed by atoms with van der Waals surface area (Å²) in [5, 5.41) is 17.4. The summed E-state index contributed by atoms with van der Waals surface area (Å²) in [6, 6.07) is 14.2. The summed E-state index contributed by atoms with van der Waals surface area (Å²) in [5.41, 5.74) is 1.50. The molecule has 0 radical (unpaired) electrons. The molecule has 2 aromatic carbocycles. The minimum atomic E-state index is -1.07. The van der Waals surface area contributed by atoms with Crippen LogP contribution in [0.5, 0.6) is 5.75 Å². The Bertz CT molecular complexity index is 1020. The quantitative estimate of drug-likeness (QED) is 0.310. The first-order chi connectivity index (χ1) is 13.5. The fraction of sp³-hybridized carbons (Fsp3) is 0.0500. The zero-order valence-corrected chi connectivity index (χ0v) is 16.2. The predicted octanol–water partition coefficient (Wildman–Crippen LogP) is 4.91. The van der Waals surface area contributed by atoms with Gasteiger partial charge in [-0.25, -0.2) is 9.78 Å². The van der Waals surface area contributed by atoms with Crippen LogP contribution in [0.25, 0.3) is 17.5 Å². The fourth-order valence-electron chi connectivity index (χ4n) is 2.26. The lowest BCUT2D eigenvalue weighted by molar-refractivity contribution is -0.131. The van der Waals surface area contributed by atoms with Gasteiger partial charge in [0, 0.05) is 10.6 Å². The number of benzene rings is 2. The predicted molar refractivity (Wildman–Crippen MR) is 110 cm³/mol. The van der Waals surface area contributed by atoms with E-state index in [1.807, 2.05) is 0 Å². The van der Waals surface area contributed by atoms with Crippen LogP contribution in [-0.2, 0) is 4.79 Å². The standard InChI is InChI=1S/C20H16ClN3O3S/c1-2-10-27-16-5-3-4-13(11-16)12-17(19(25)26)28-20-22-18(23-24-20)14-6-8-15(21)9-7-14/h2-9,11-12H,1,10H2,(H,25,26)(H,22,23,24)/b17-12-. The van der Waals surface area contributed by atoms with Gasteiger partial charge in [-0.05, 0) is 59.8 Å².